The van der Waals surface area contributed by atoms with Crippen molar-refractivity contribution >= 4 is 17.2 Å². The standard InChI is InChI=1S/C18H20F3N3OS/c1-11-5-12(8-22)9-24(11)16(25)7-15-10-26-17(23-15)13-3-2-4-14(6-13)18(19,20)21/h2-4,6,10-12H,5,7-9,22H2,1H3. The predicted octanol–water partition coefficient (Wildman–Crippen LogP) is 3.57. The van der Waals surface area contributed by atoms with E-state index in [0.717, 1.165) is 18.6 Å². The van der Waals surface area contributed by atoms with Gasteiger partial charge in [-0.1, -0.05) is 12.1 Å². The van der Waals surface area contributed by atoms with E-state index >= 15 is 0 Å². The Kier molecular flexibility index (Phi) is 5.34. The number of halogens is 3. The van der Waals surface area contributed by atoms with Gasteiger partial charge in [-0.2, -0.15) is 13.2 Å². The summed E-state index contributed by atoms with van der Waals surface area (Å²) in [6, 6.07) is 5.22. The van der Waals surface area contributed by atoms with Crippen molar-refractivity contribution in [3.63, 3.8) is 0 Å². The van der Waals surface area contributed by atoms with Crippen molar-refractivity contribution in [3.05, 3.63) is 40.9 Å². The first-order valence-corrected chi connectivity index (χ1v) is 9.27. The number of amides is 1. The summed E-state index contributed by atoms with van der Waals surface area (Å²) in [6.07, 6.45) is -3.34. The summed E-state index contributed by atoms with van der Waals surface area (Å²) in [5, 5.41) is 2.21. The smallest absolute Gasteiger partial charge is 0.339 e. The van der Waals surface area contributed by atoms with Crippen LogP contribution in [0.2, 0.25) is 0 Å². The van der Waals surface area contributed by atoms with Gasteiger partial charge < -0.3 is 10.6 Å². The summed E-state index contributed by atoms with van der Waals surface area (Å²) in [4.78, 5) is 18.7. The van der Waals surface area contributed by atoms with Crippen molar-refractivity contribution in [1.29, 1.82) is 0 Å². The lowest BCUT2D eigenvalue weighted by Gasteiger charge is -2.21. The summed E-state index contributed by atoms with van der Waals surface area (Å²) in [5.74, 6) is 0.305. The highest BCUT2D eigenvalue weighted by Crippen LogP contribution is 2.33. The van der Waals surface area contributed by atoms with E-state index in [1.54, 1.807) is 11.4 Å². The van der Waals surface area contributed by atoms with E-state index < -0.39 is 11.7 Å². The van der Waals surface area contributed by atoms with E-state index in [4.69, 9.17) is 5.73 Å². The molecular formula is C18H20F3N3OS. The van der Waals surface area contributed by atoms with E-state index in [2.05, 4.69) is 4.98 Å². The molecule has 2 N–H and O–H groups in total. The molecule has 0 radical (unpaired) electrons. The zero-order chi connectivity index (χ0) is 18.9. The number of alkyl halides is 3. The summed E-state index contributed by atoms with van der Waals surface area (Å²) in [6.45, 7) is 3.22. The molecule has 3 rings (SSSR count). The number of carbonyl (C=O) groups excluding carboxylic acids is 1. The molecule has 1 fully saturated rings. The zero-order valence-corrected chi connectivity index (χ0v) is 15.1. The molecule has 26 heavy (non-hydrogen) atoms. The van der Waals surface area contributed by atoms with Gasteiger partial charge in [0.2, 0.25) is 5.91 Å². The van der Waals surface area contributed by atoms with Gasteiger partial charge in [-0.05, 0) is 37.9 Å². The first kappa shape index (κ1) is 18.8. The van der Waals surface area contributed by atoms with Crippen LogP contribution in [-0.4, -0.2) is 34.9 Å². The molecule has 1 aliphatic heterocycles. The minimum absolute atomic E-state index is 0.0191. The highest BCUT2D eigenvalue weighted by atomic mass is 32.1. The molecule has 2 heterocycles. The highest BCUT2D eigenvalue weighted by molar-refractivity contribution is 7.13. The lowest BCUT2D eigenvalue weighted by atomic mass is 10.1. The van der Waals surface area contributed by atoms with Crippen LogP contribution in [0.3, 0.4) is 0 Å². The van der Waals surface area contributed by atoms with E-state index in [-0.39, 0.29) is 18.4 Å². The van der Waals surface area contributed by atoms with E-state index in [0.29, 0.717) is 35.3 Å². The number of hydrogen-bond acceptors (Lipinski definition) is 4. The van der Waals surface area contributed by atoms with Gasteiger partial charge in [-0.15, -0.1) is 11.3 Å². The number of thiazole rings is 1. The molecule has 140 valence electrons. The van der Waals surface area contributed by atoms with Crippen LogP contribution in [0, 0.1) is 5.92 Å². The van der Waals surface area contributed by atoms with Crippen molar-refractivity contribution < 1.29 is 18.0 Å². The highest BCUT2D eigenvalue weighted by Gasteiger charge is 2.32. The van der Waals surface area contributed by atoms with Crippen LogP contribution in [-0.2, 0) is 17.4 Å². The monoisotopic (exact) mass is 383 g/mol. The fourth-order valence-corrected chi connectivity index (χ4v) is 4.08. The number of rotatable bonds is 4. The van der Waals surface area contributed by atoms with Crippen LogP contribution in [0.1, 0.15) is 24.6 Å². The normalized spacial score (nSPS) is 20.6. The molecule has 0 bridgehead atoms. The number of likely N-dealkylation sites (tertiary alicyclic amines) is 1. The third-order valence-corrected chi connectivity index (χ3v) is 5.58. The Bertz CT molecular complexity index is 790. The molecule has 1 saturated heterocycles. The van der Waals surface area contributed by atoms with Crippen LogP contribution < -0.4 is 5.73 Å². The third kappa shape index (κ3) is 4.07. The minimum Gasteiger partial charge on any atom is -0.339 e. The van der Waals surface area contributed by atoms with Gasteiger partial charge in [0.1, 0.15) is 5.01 Å². The first-order valence-electron chi connectivity index (χ1n) is 8.39. The number of carbonyl (C=O) groups is 1. The average molecular weight is 383 g/mol. The van der Waals surface area contributed by atoms with Gasteiger partial charge in [0.05, 0.1) is 17.7 Å². The van der Waals surface area contributed by atoms with E-state index in [1.807, 2.05) is 11.8 Å². The molecule has 0 spiro atoms. The maximum absolute atomic E-state index is 12.9. The molecule has 2 aromatic rings. The molecule has 1 aromatic heterocycles. The van der Waals surface area contributed by atoms with Gasteiger partial charge in [-0.25, -0.2) is 4.98 Å². The quantitative estimate of drug-likeness (QED) is 0.878. The van der Waals surface area contributed by atoms with Crippen molar-refractivity contribution in [3.8, 4) is 10.6 Å². The summed E-state index contributed by atoms with van der Waals surface area (Å²) in [5.41, 5.74) is 5.97. The molecule has 4 nitrogen and oxygen atoms in total. The Labute approximate surface area is 153 Å². The predicted molar refractivity (Wildman–Crippen MR) is 94.6 cm³/mol. The second kappa shape index (κ2) is 7.36. The fraction of sp³-hybridized carbons (Fsp3) is 0.444. The lowest BCUT2D eigenvalue weighted by Crippen LogP contribution is -2.35. The molecule has 8 heteroatoms. The summed E-state index contributed by atoms with van der Waals surface area (Å²) in [7, 11) is 0. The Hall–Kier alpha value is -1.93. The van der Waals surface area contributed by atoms with Crippen LogP contribution in [0.5, 0.6) is 0 Å². The summed E-state index contributed by atoms with van der Waals surface area (Å²) < 4.78 is 38.6. The molecule has 1 aromatic carbocycles. The third-order valence-electron chi connectivity index (χ3n) is 4.64. The number of nitrogens with two attached hydrogens (primary N) is 1. The second-order valence-corrected chi connectivity index (χ2v) is 7.49. The lowest BCUT2D eigenvalue weighted by molar-refractivity contribution is -0.137. The van der Waals surface area contributed by atoms with Crippen molar-refractivity contribution in [2.75, 3.05) is 13.1 Å². The number of hydrogen-bond donors (Lipinski definition) is 1. The first-order chi connectivity index (χ1) is 12.3. The van der Waals surface area contributed by atoms with Crippen molar-refractivity contribution in [2.24, 2.45) is 11.7 Å². The van der Waals surface area contributed by atoms with E-state index in [1.165, 1.54) is 17.4 Å². The molecule has 1 aliphatic rings. The topological polar surface area (TPSA) is 59.2 Å². The molecule has 1 amide bonds. The van der Waals surface area contributed by atoms with Crippen LogP contribution >= 0.6 is 11.3 Å². The Morgan fingerprint density at radius 1 is 1.42 bits per heavy atom. The molecule has 0 aliphatic carbocycles. The Morgan fingerprint density at radius 3 is 2.85 bits per heavy atom. The average Bonchev–Trinajstić information content (AvgIpc) is 3.20. The molecule has 2 atom stereocenters. The van der Waals surface area contributed by atoms with Crippen molar-refractivity contribution in [1.82, 2.24) is 9.88 Å². The van der Waals surface area contributed by atoms with Crippen LogP contribution in [0.4, 0.5) is 13.2 Å². The largest absolute Gasteiger partial charge is 0.416 e. The van der Waals surface area contributed by atoms with Crippen LogP contribution in [0.25, 0.3) is 10.6 Å². The van der Waals surface area contributed by atoms with Gasteiger partial charge >= 0.3 is 6.18 Å². The Balaban J connectivity index is 1.72. The Morgan fingerprint density at radius 2 is 2.19 bits per heavy atom. The van der Waals surface area contributed by atoms with Gasteiger partial charge in [-0.3, -0.25) is 4.79 Å². The maximum atomic E-state index is 12.9. The molecular weight excluding hydrogens is 363 g/mol. The van der Waals surface area contributed by atoms with Crippen LogP contribution in [0.15, 0.2) is 29.6 Å². The number of aromatic nitrogens is 1. The van der Waals surface area contributed by atoms with Gasteiger partial charge in [0.15, 0.2) is 0 Å². The zero-order valence-electron chi connectivity index (χ0n) is 14.3. The van der Waals surface area contributed by atoms with E-state index in [9.17, 15) is 18.0 Å². The molecule has 0 saturated carbocycles. The SMILES string of the molecule is CC1CC(CN)CN1C(=O)Cc1csc(-c2cccc(C(F)(F)F)c2)n1. The van der Waals surface area contributed by atoms with Gasteiger partial charge in [0, 0.05) is 23.5 Å². The number of benzene rings is 1. The van der Waals surface area contributed by atoms with Gasteiger partial charge in [0.25, 0.3) is 0 Å². The number of nitrogens with zero attached hydrogens (tertiary/aromatic N) is 2. The fourth-order valence-electron chi connectivity index (χ4n) is 3.27. The summed E-state index contributed by atoms with van der Waals surface area (Å²) >= 11 is 1.24. The second-order valence-electron chi connectivity index (χ2n) is 6.63. The minimum atomic E-state index is -4.39. The maximum Gasteiger partial charge on any atom is 0.416 e. The van der Waals surface area contributed by atoms with Crippen molar-refractivity contribution in [2.45, 2.75) is 32.0 Å². The molecule has 2 unspecified atom stereocenters.